The number of methoxy groups -OCH3 is 1. The molecule has 0 aromatic carbocycles. The summed E-state index contributed by atoms with van der Waals surface area (Å²) >= 11 is 1.69. The Morgan fingerprint density at radius 3 is 3.00 bits per heavy atom. The van der Waals surface area contributed by atoms with Crippen molar-refractivity contribution in [2.24, 2.45) is 5.73 Å². The second kappa shape index (κ2) is 3.58. The average molecular weight is 157 g/mol. The lowest BCUT2D eigenvalue weighted by molar-refractivity contribution is 0.416. The van der Waals surface area contributed by atoms with Gasteiger partial charge in [0.1, 0.15) is 5.75 Å². The molecule has 56 valence electrons. The van der Waals surface area contributed by atoms with Gasteiger partial charge in [0.15, 0.2) is 0 Å². The number of rotatable bonds is 3. The maximum absolute atomic E-state index is 5.38. The zero-order valence-corrected chi connectivity index (χ0v) is 6.78. The molecular formula is C7H11NOS. The van der Waals surface area contributed by atoms with Gasteiger partial charge < -0.3 is 10.5 Å². The number of nitrogens with two attached hydrogens (primary N) is 1. The smallest absolute Gasteiger partial charge is 0.129 e. The van der Waals surface area contributed by atoms with Gasteiger partial charge in [-0.2, -0.15) is 0 Å². The Bertz CT molecular complexity index is 197. The van der Waals surface area contributed by atoms with Crippen molar-refractivity contribution < 1.29 is 4.74 Å². The molecule has 1 aromatic heterocycles. The lowest BCUT2D eigenvalue weighted by atomic mass is 10.3. The van der Waals surface area contributed by atoms with E-state index in [0.717, 1.165) is 12.2 Å². The SMILES string of the molecule is COc1csc(CCN)c1. The van der Waals surface area contributed by atoms with Crippen molar-refractivity contribution in [2.75, 3.05) is 13.7 Å². The Balaban J connectivity index is 2.59. The standard InChI is InChI=1S/C7H11NOS/c1-9-6-4-7(2-3-8)10-5-6/h4-5H,2-3,8H2,1H3. The molecule has 0 atom stereocenters. The van der Waals surface area contributed by atoms with E-state index in [2.05, 4.69) is 0 Å². The molecule has 0 amide bonds. The van der Waals surface area contributed by atoms with Crippen LogP contribution in [0.4, 0.5) is 0 Å². The predicted molar refractivity (Wildman–Crippen MR) is 43.6 cm³/mol. The van der Waals surface area contributed by atoms with Crippen LogP contribution in [0.1, 0.15) is 4.88 Å². The summed E-state index contributed by atoms with van der Waals surface area (Å²) in [6.45, 7) is 0.712. The van der Waals surface area contributed by atoms with E-state index >= 15 is 0 Å². The van der Waals surface area contributed by atoms with E-state index in [1.807, 2.05) is 11.4 Å². The summed E-state index contributed by atoms with van der Waals surface area (Å²) in [4.78, 5) is 1.29. The molecule has 10 heavy (non-hydrogen) atoms. The number of ether oxygens (including phenoxy) is 1. The molecule has 0 unspecified atom stereocenters. The van der Waals surface area contributed by atoms with Crippen LogP contribution in [0.3, 0.4) is 0 Å². The molecule has 1 heterocycles. The Morgan fingerprint density at radius 2 is 2.50 bits per heavy atom. The second-order valence-electron chi connectivity index (χ2n) is 1.99. The van der Waals surface area contributed by atoms with Crippen LogP contribution in [0, 0.1) is 0 Å². The van der Waals surface area contributed by atoms with E-state index in [4.69, 9.17) is 10.5 Å². The van der Waals surface area contributed by atoms with Gasteiger partial charge in [0.2, 0.25) is 0 Å². The molecule has 1 rings (SSSR count). The van der Waals surface area contributed by atoms with E-state index in [1.54, 1.807) is 18.4 Å². The minimum atomic E-state index is 0.712. The van der Waals surface area contributed by atoms with Gasteiger partial charge in [0.25, 0.3) is 0 Å². The molecule has 0 saturated heterocycles. The topological polar surface area (TPSA) is 35.2 Å². The van der Waals surface area contributed by atoms with Crippen LogP contribution in [0.5, 0.6) is 5.75 Å². The first-order valence-electron chi connectivity index (χ1n) is 3.18. The third kappa shape index (κ3) is 1.72. The third-order valence-electron chi connectivity index (χ3n) is 1.26. The molecule has 0 spiro atoms. The fraction of sp³-hybridized carbons (Fsp3) is 0.429. The Hall–Kier alpha value is -0.540. The van der Waals surface area contributed by atoms with Gasteiger partial charge in [-0.15, -0.1) is 11.3 Å². The summed E-state index contributed by atoms with van der Waals surface area (Å²) in [5.41, 5.74) is 5.38. The predicted octanol–water partition coefficient (Wildman–Crippen LogP) is 1.26. The minimum Gasteiger partial charge on any atom is -0.496 e. The van der Waals surface area contributed by atoms with Gasteiger partial charge >= 0.3 is 0 Å². The van der Waals surface area contributed by atoms with E-state index in [1.165, 1.54) is 4.88 Å². The summed E-state index contributed by atoms with van der Waals surface area (Å²) in [5.74, 6) is 0.938. The summed E-state index contributed by atoms with van der Waals surface area (Å²) in [6.07, 6.45) is 0.952. The van der Waals surface area contributed by atoms with Gasteiger partial charge in [0, 0.05) is 10.3 Å². The van der Waals surface area contributed by atoms with Gasteiger partial charge in [-0.05, 0) is 19.0 Å². The molecule has 0 saturated carbocycles. The van der Waals surface area contributed by atoms with Crippen molar-refractivity contribution >= 4 is 11.3 Å². The van der Waals surface area contributed by atoms with Crippen LogP contribution in [-0.2, 0) is 6.42 Å². The lowest BCUT2D eigenvalue weighted by Crippen LogP contribution is -2.00. The Kier molecular flexibility index (Phi) is 2.71. The molecule has 3 heteroatoms. The molecule has 0 aliphatic carbocycles. The van der Waals surface area contributed by atoms with Gasteiger partial charge in [-0.1, -0.05) is 0 Å². The van der Waals surface area contributed by atoms with Crippen molar-refractivity contribution in [2.45, 2.75) is 6.42 Å². The molecule has 1 aromatic rings. The van der Waals surface area contributed by atoms with E-state index in [-0.39, 0.29) is 0 Å². The normalized spacial score (nSPS) is 9.80. The fourth-order valence-electron chi connectivity index (χ4n) is 0.741. The highest BCUT2D eigenvalue weighted by Gasteiger charge is 1.96. The van der Waals surface area contributed by atoms with Gasteiger partial charge in [-0.25, -0.2) is 0 Å². The number of thiophene rings is 1. The van der Waals surface area contributed by atoms with Crippen LogP contribution >= 0.6 is 11.3 Å². The molecular weight excluding hydrogens is 146 g/mol. The van der Waals surface area contributed by atoms with Crippen LogP contribution < -0.4 is 10.5 Å². The molecule has 0 aliphatic heterocycles. The molecule has 2 nitrogen and oxygen atoms in total. The quantitative estimate of drug-likeness (QED) is 0.717. The second-order valence-corrected chi connectivity index (χ2v) is 2.99. The van der Waals surface area contributed by atoms with Gasteiger partial charge in [0.05, 0.1) is 7.11 Å². The zero-order valence-electron chi connectivity index (χ0n) is 5.96. The molecule has 0 radical (unpaired) electrons. The van der Waals surface area contributed by atoms with Crippen LogP contribution in [0.15, 0.2) is 11.4 Å². The highest BCUT2D eigenvalue weighted by Crippen LogP contribution is 2.20. The van der Waals surface area contributed by atoms with Crippen molar-refractivity contribution in [3.8, 4) is 5.75 Å². The Morgan fingerprint density at radius 1 is 1.70 bits per heavy atom. The third-order valence-corrected chi connectivity index (χ3v) is 2.23. The van der Waals surface area contributed by atoms with Crippen molar-refractivity contribution in [1.82, 2.24) is 0 Å². The van der Waals surface area contributed by atoms with E-state index < -0.39 is 0 Å². The number of hydrogen-bond acceptors (Lipinski definition) is 3. The highest BCUT2D eigenvalue weighted by molar-refractivity contribution is 7.10. The molecule has 2 N–H and O–H groups in total. The fourth-order valence-corrected chi connectivity index (χ4v) is 1.59. The number of hydrogen-bond donors (Lipinski definition) is 1. The maximum Gasteiger partial charge on any atom is 0.129 e. The lowest BCUT2D eigenvalue weighted by Gasteiger charge is -1.90. The summed E-state index contributed by atoms with van der Waals surface area (Å²) in [6, 6.07) is 2.03. The van der Waals surface area contributed by atoms with Crippen molar-refractivity contribution in [1.29, 1.82) is 0 Å². The average Bonchev–Trinajstić information content (AvgIpc) is 2.37. The maximum atomic E-state index is 5.38. The summed E-state index contributed by atoms with van der Waals surface area (Å²) in [7, 11) is 1.67. The largest absolute Gasteiger partial charge is 0.496 e. The first-order valence-corrected chi connectivity index (χ1v) is 4.06. The van der Waals surface area contributed by atoms with Gasteiger partial charge in [-0.3, -0.25) is 0 Å². The van der Waals surface area contributed by atoms with Crippen LogP contribution in [0.2, 0.25) is 0 Å². The summed E-state index contributed by atoms with van der Waals surface area (Å²) in [5, 5.41) is 1.99. The van der Waals surface area contributed by atoms with Crippen molar-refractivity contribution in [3.63, 3.8) is 0 Å². The Labute approximate surface area is 64.6 Å². The molecule has 0 aliphatic rings. The monoisotopic (exact) mass is 157 g/mol. The van der Waals surface area contributed by atoms with E-state index in [0.29, 0.717) is 6.54 Å². The first-order chi connectivity index (χ1) is 4.86. The van der Waals surface area contributed by atoms with Crippen molar-refractivity contribution in [3.05, 3.63) is 16.3 Å². The first kappa shape index (κ1) is 7.57. The van der Waals surface area contributed by atoms with Crippen LogP contribution in [-0.4, -0.2) is 13.7 Å². The van der Waals surface area contributed by atoms with Crippen LogP contribution in [0.25, 0.3) is 0 Å². The molecule has 0 bridgehead atoms. The summed E-state index contributed by atoms with van der Waals surface area (Å²) < 4.78 is 5.01. The zero-order chi connectivity index (χ0) is 7.40. The molecule has 0 fully saturated rings. The highest BCUT2D eigenvalue weighted by atomic mass is 32.1. The van der Waals surface area contributed by atoms with E-state index in [9.17, 15) is 0 Å². The minimum absolute atomic E-state index is 0.712.